The largest absolute Gasteiger partial charge is 0.382 e. The van der Waals surface area contributed by atoms with Gasteiger partial charge < -0.3 is 5.32 Å². The zero-order valence-corrected chi connectivity index (χ0v) is 11.6. The summed E-state index contributed by atoms with van der Waals surface area (Å²) < 4.78 is 23.0. The van der Waals surface area contributed by atoms with E-state index in [1.54, 1.807) is 6.92 Å². The minimum absolute atomic E-state index is 0.120. The molecule has 17 heavy (non-hydrogen) atoms. The molecule has 0 saturated carbocycles. The third-order valence-electron chi connectivity index (χ3n) is 1.99. The molecule has 0 spiro atoms. The van der Waals surface area contributed by atoms with Crippen molar-refractivity contribution in [3.05, 3.63) is 21.0 Å². The summed E-state index contributed by atoms with van der Waals surface area (Å²) in [7, 11) is -3.51. The first kappa shape index (κ1) is 14.1. The van der Waals surface area contributed by atoms with E-state index in [1.165, 1.54) is 10.9 Å². The average Bonchev–Trinajstić information content (AvgIpc) is 2.23. The van der Waals surface area contributed by atoms with Gasteiger partial charge in [0.2, 0.25) is 10.0 Å². The monoisotopic (exact) mass is 324 g/mol. The van der Waals surface area contributed by atoms with Gasteiger partial charge in [-0.15, -0.1) is 0 Å². The molecule has 1 heterocycles. The molecule has 1 rings (SSSR count). The van der Waals surface area contributed by atoms with Gasteiger partial charge in [-0.3, -0.25) is 4.79 Å². The number of nitrogens with one attached hydrogen (secondary N) is 1. The number of aryl methyl sites for hydroxylation is 1. The summed E-state index contributed by atoms with van der Waals surface area (Å²) in [6.45, 7) is 2.39. The van der Waals surface area contributed by atoms with Crippen LogP contribution in [0.3, 0.4) is 0 Å². The fourth-order valence-electron chi connectivity index (χ4n) is 1.14. The molecule has 0 unspecified atom stereocenters. The standard InChI is InChI=1S/C8H13BrN4O3S/c1-2-13-8(14)7(9)6(5-12-13)11-3-4-17(10,15)16/h5,11H,2-4H2,1H3,(H2,10,15,16). The highest BCUT2D eigenvalue weighted by Crippen LogP contribution is 2.15. The lowest BCUT2D eigenvalue weighted by atomic mass is 10.4. The highest BCUT2D eigenvalue weighted by Gasteiger charge is 2.08. The van der Waals surface area contributed by atoms with Crippen LogP contribution in [0.2, 0.25) is 0 Å². The Morgan fingerprint density at radius 2 is 2.24 bits per heavy atom. The number of sulfonamides is 1. The molecule has 0 atom stereocenters. The van der Waals surface area contributed by atoms with Crippen LogP contribution in [0.25, 0.3) is 0 Å². The number of anilines is 1. The zero-order chi connectivity index (χ0) is 13.1. The van der Waals surface area contributed by atoms with Gasteiger partial charge in [0.15, 0.2) is 0 Å². The van der Waals surface area contributed by atoms with Crippen molar-refractivity contribution in [3.8, 4) is 0 Å². The fraction of sp³-hybridized carbons (Fsp3) is 0.500. The molecule has 0 amide bonds. The number of primary sulfonamides is 1. The number of nitrogens with two attached hydrogens (primary N) is 1. The van der Waals surface area contributed by atoms with E-state index in [9.17, 15) is 13.2 Å². The van der Waals surface area contributed by atoms with Crippen molar-refractivity contribution in [2.75, 3.05) is 17.6 Å². The summed E-state index contributed by atoms with van der Waals surface area (Å²) in [4.78, 5) is 11.7. The first-order valence-electron chi connectivity index (χ1n) is 4.85. The maximum absolute atomic E-state index is 11.7. The first-order valence-corrected chi connectivity index (χ1v) is 7.36. The highest BCUT2D eigenvalue weighted by molar-refractivity contribution is 9.10. The molecule has 0 aliphatic rings. The average molecular weight is 325 g/mol. The van der Waals surface area contributed by atoms with Crippen molar-refractivity contribution in [2.24, 2.45) is 5.14 Å². The summed E-state index contributed by atoms with van der Waals surface area (Å²) in [6.07, 6.45) is 1.46. The molecule has 0 aliphatic heterocycles. The Hall–Kier alpha value is -0.930. The van der Waals surface area contributed by atoms with E-state index in [-0.39, 0.29) is 17.9 Å². The Bertz CT molecular complexity index is 554. The van der Waals surface area contributed by atoms with Gasteiger partial charge in [-0.2, -0.15) is 5.10 Å². The molecule has 0 bridgehead atoms. The molecule has 0 aromatic carbocycles. The Balaban J connectivity index is 2.80. The van der Waals surface area contributed by atoms with Crippen LogP contribution < -0.4 is 16.0 Å². The molecule has 0 saturated heterocycles. The molecule has 3 N–H and O–H groups in total. The van der Waals surface area contributed by atoms with Gasteiger partial charge in [-0.25, -0.2) is 18.2 Å². The fourth-order valence-corrected chi connectivity index (χ4v) is 1.98. The minimum atomic E-state index is -3.51. The van der Waals surface area contributed by atoms with Crippen molar-refractivity contribution in [1.82, 2.24) is 9.78 Å². The van der Waals surface area contributed by atoms with Gasteiger partial charge in [0.1, 0.15) is 4.47 Å². The topological polar surface area (TPSA) is 107 Å². The van der Waals surface area contributed by atoms with Crippen molar-refractivity contribution < 1.29 is 8.42 Å². The molecule has 0 radical (unpaired) electrons. The summed E-state index contributed by atoms with van der Waals surface area (Å²) in [5.41, 5.74) is 0.177. The Morgan fingerprint density at radius 3 is 2.76 bits per heavy atom. The SMILES string of the molecule is CCn1ncc(NCCS(N)(=O)=O)c(Br)c1=O. The normalized spacial score (nSPS) is 11.5. The summed E-state index contributed by atoms with van der Waals surface area (Å²) in [6, 6.07) is 0. The van der Waals surface area contributed by atoms with Crippen molar-refractivity contribution in [2.45, 2.75) is 13.5 Å². The Morgan fingerprint density at radius 1 is 1.59 bits per heavy atom. The summed E-state index contributed by atoms with van der Waals surface area (Å²) in [5.74, 6) is -0.212. The molecule has 9 heteroatoms. The van der Waals surface area contributed by atoms with E-state index in [1.807, 2.05) is 0 Å². The molecule has 7 nitrogen and oxygen atoms in total. The quantitative estimate of drug-likeness (QED) is 0.775. The van der Waals surface area contributed by atoms with Crippen LogP contribution in [0.15, 0.2) is 15.5 Å². The van der Waals surface area contributed by atoms with Crippen molar-refractivity contribution >= 4 is 31.6 Å². The second-order valence-electron chi connectivity index (χ2n) is 3.29. The predicted molar refractivity (Wildman–Crippen MR) is 68.3 cm³/mol. The van der Waals surface area contributed by atoms with E-state index in [0.29, 0.717) is 16.7 Å². The molecule has 0 aliphatic carbocycles. The van der Waals surface area contributed by atoms with Crippen LogP contribution >= 0.6 is 15.9 Å². The maximum atomic E-state index is 11.7. The van der Waals surface area contributed by atoms with Gasteiger partial charge in [0.05, 0.1) is 17.6 Å². The van der Waals surface area contributed by atoms with Crippen LogP contribution in [0.4, 0.5) is 5.69 Å². The third kappa shape index (κ3) is 4.10. The summed E-state index contributed by atoms with van der Waals surface area (Å²) in [5, 5.41) is 11.5. The molecule has 1 aromatic rings. The second kappa shape index (κ2) is 5.61. The molecule has 96 valence electrons. The number of halogens is 1. The van der Waals surface area contributed by atoms with E-state index in [2.05, 4.69) is 26.3 Å². The number of hydrogen-bond donors (Lipinski definition) is 2. The molecule has 1 aromatic heterocycles. The minimum Gasteiger partial charge on any atom is -0.382 e. The van der Waals surface area contributed by atoms with E-state index >= 15 is 0 Å². The van der Waals surface area contributed by atoms with Gasteiger partial charge in [-0.05, 0) is 22.9 Å². The van der Waals surface area contributed by atoms with Crippen molar-refractivity contribution in [1.29, 1.82) is 0 Å². The summed E-state index contributed by atoms with van der Waals surface area (Å²) >= 11 is 3.14. The molecular weight excluding hydrogens is 312 g/mol. The van der Waals surface area contributed by atoms with Crippen LogP contribution in [-0.4, -0.2) is 30.5 Å². The number of aromatic nitrogens is 2. The van der Waals surface area contributed by atoms with Gasteiger partial charge in [0.25, 0.3) is 5.56 Å². The lowest BCUT2D eigenvalue weighted by molar-refractivity contribution is 0.598. The maximum Gasteiger partial charge on any atom is 0.283 e. The number of nitrogens with zero attached hydrogens (tertiary/aromatic N) is 2. The lowest BCUT2D eigenvalue weighted by Gasteiger charge is -2.08. The van der Waals surface area contributed by atoms with Crippen LogP contribution in [-0.2, 0) is 16.6 Å². The Kier molecular flexibility index (Phi) is 4.66. The highest BCUT2D eigenvalue weighted by atomic mass is 79.9. The first-order chi connectivity index (χ1) is 7.85. The van der Waals surface area contributed by atoms with E-state index in [0.717, 1.165) is 0 Å². The second-order valence-corrected chi connectivity index (χ2v) is 5.81. The predicted octanol–water partition coefficient (Wildman–Crippen LogP) is -0.274. The van der Waals surface area contributed by atoms with E-state index in [4.69, 9.17) is 5.14 Å². The zero-order valence-electron chi connectivity index (χ0n) is 9.18. The smallest absolute Gasteiger partial charge is 0.283 e. The van der Waals surface area contributed by atoms with Crippen molar-refractivity contribution in [3.63, 3.8) is 0 Å². The Labute approximate surface area is 107 Å². The third-order valence-corrected chi connectivity index (χ3v) is 3.53. The van der Waals surface area contributed by atoms with Gasteiger partial charge >= 0.3 is 0 Å². The lowest BCUT2D eigenvalue weighted by Crippen LogP contribution is -2.26. The van der Waals surface area contributed by atoms with Crippen LogP contribution in [0.5, 0.6) is 0 Å². The van der Waals surface area contributed by atoms with Crippen LogP contribution in [0.1, 0.15) is 6.92 Å². The van der Waals surface area contributed by atoms with Gasteiger partial charge in [0, 0.05) is 13.1 Å². The molecular formula is C8H13BrN4O3S. The molecule has 0 fully saturated rings. The number of rotatable bonds is 5. The number of hydrogen-bond acceptors (Lipinski definition) is 5. The van der Waals surface area contributed by atoms with Gasteiger partial charge in [-0.1, -0.05) is 0 Å². The van der Waals surface area contributed by atoms with Crippen LogP contribution in [0, 0.1) is 0 Å². The van der Waals surface area contributed by atoms with E-state index < -0.39 is 10.0 Å².